The van der Waals surface area contributed by atoms with Gasteiger partial charge < -0.3 is 10.2 Å². The lowest BCUT2D eigenvalue weighted by Crippen LogP contribution is -2.35. The summed E-state index contributed by atoms with van der Waals surface area (Å²) in [5.74, 6) is -1.28. The Bertz CT molecular complexity index is 1780. The number of sulfonamides is 1. The second kappa shape index (κ2) is 10.7. The van der Waals surface area contributed by atoms with Crippen molar-refractivity contribution in [2.75, 3.05) is 4.72 Å². The van der Waals surface area contributed by atoms with Crippen LogP contribution in [-0.4, -0.2) is 24.5 Å². The van der Waals surface area contributed by atoms with Gasteiger partial charge in [0.1, 0.15) is 5.69 Å². The molecule has 40 heavy (non-hydrogen) atoms. The number of phenols is 1. The summed E-state index contributed by atoms with van der Waals surface area (Å²) in [6, 6.07) is 31.0. The molecule has 0 fully saturated rings. The molecule has 9 heteroatoms. The number of aromatic hydroxyl groups is 1. The van der Waals surface area contributed by atoms with Crippen molar-refractivity contribution in [1.29, 1.82) is 0 Å². The fourth-order valence-corrected chi connectivity index (χ4v) is 5.44. The third kappa shape index (κ3) is 5.07. The molecule has 0 heterocycles. The zero-order valence-corrected chi connectivity index (χ0v) is 22.2. The quantitative estimate of drug-likeness (QED) is 0.164. The van der Waals surface area contributed by atoms with Crippen molar-refractivity contribution in [1.82, 2.24) is 0 Å². The Balaban J connectivity index is 1.57. The molecule has 5 aromatic carbocycles. The highest BCUT2D eigenvalue weighted by molar-refractivity contribution is 7.92. The molecule has 0 aromatic heterocycles. The van der Waals surface area contributed by atoms with Gasteiger partial charge in [-0.25, -0.2) is 8.42 Å². The number of azo groups is 1. The summed E-state index contributed by atoms with van der Waals surface area (Å²) in [4.78, 5) is 13.5. The van der Waals surface area contributed by atoms with E-state index in [0.717, 1.165) is 5.56 Å². The molecule has 0 atom stereocenters. The third-order valence-electron chi connectivity index (χ3n) is 6.51. The van der Waals surface area contributed by atoms with Crippen LogP contribution in [0, 0.1) is 6.92 Å². The lowest BCUT2D eigenvalue weighted by atomic mass is 9.86. The largest absolute Gasteiger partial charge is 0.505 e. The van der Waals surface area contributed by atoms with E-state index in [2.05, 4.69) is 15.0 Å². The van der Waals surface area contributed by atoms with Crippen molar-refractivity contribution in [2.24, 2.45) is 10.2 Å². The van der Waals surface area contributed by atoms with Gasteiger partial charge in [0.05, 0.1) is 10.6 Å². The first-order valence-corrected chi connectivity index (χ1v) is 13.8. The predicted molar refractivity (Wildman–Crippen MR) is 153 cm³/mol. The molecule has 1 amide bonds. The lowest BCUT2D eigenvalue weighted by Gasteiger charge is -2.25. The first-order valence-electron chi connectivity index (χ1n) is 12.3. The van der Waals surface area contributed by atoms with Crippen LogP contribution in [0.4, 0.5) is 11.4 Å². The van der Waals surface area contributed by atoms with Crippen LogP contribution in [0.5, 0.6) is 5.75 Å². The minimum absolute atomic E-state index is 0.0596. The Labute approximate surface area is 231 Å². The average Bonchev–Trinajstić information content (AvgIpc) is 2.98. The number of hydrogen-bond donors (Lipinski definition) is 3. The number of carbonyl (C=O) groups excluding carboxylic acids is 1. The van der Waals surface area contributed by atoms with Crippen LogP contribution in [0.3, 0.4) is 0 Å². The minimum Gasteiger partial charge on any atom is -0.505 e. The number of aryl methyl sites for hydroxylation is 1. The maximum atomic E-state index is 13.4. The Hall–Kier alpha value is -4.86. The summed E-state index contributed by atoms with van der Waals surface area (Å²) >= 11 is 0. The Morgan fingerprint density at radius 1 is 0.775 bits per heavy atom. The topological polar surface area (TPSA) is 128 Å². The highest BCUT2D eigenvalue weighted by Gasteiger charge is 2.40. The van der Waals surface area contributed by atoms with E-state index in [0.29, 0.717) is 21.9 Å². The van der Waals surface area contributed by atoms with E-state index in [1.807, 2.05) is 6.92 Å². The van der Waals surface area contributed by atoms with Gasteiger partial charge >= 0.3 is 5.91 Å². The van der Waals surface area contributed by atoms with E-state index in [1.165, 1.54) is 18.2 Å². The maximum absolute atomic E-state index is 13.4. The summed E-state index contributed by atoms with van der Waals surface area (Å²) < 4.78 is 28.9. The van der Waals surface area contributed by atoms with Gasteiger partial charge in [-0.3, -0.25) is 9.52 Å². The molecule has 8 nitrogen and oxygen atoms in total. The molecule has 3 N–H and O–H groups in total. The summed E-state index contributed by atoms with van der Waals surface area (Å²) in [5, 5.41) is 31.1. The van der Waals surface area contributed by atoms with Crippen molar-refractivity contribution < 1.29 is 23.4 Å². The van der Waals surface area contributed by atoms with Crippen molar-refractivity contribution in [3.8, 4) is 5.75 Å². The first-order chi connectivity index (χ1) is 19.2. The highest BCUT2D eigenvalue weighted by Crippen LogP contribution is 2.41. The zero-order chi connectivity index (χ0) is 28.3. The van der Waals surface area contributed by atoms with Crippen LogP contribution in [0.15, 0.2) is 130 Å². The molecule has 0 bridgehead atoms. The molecule has 0 spiro atoms. The number of amides is 1. The van der Waals surface area contributed by atoms with Crippen molar-refractivity contribution in [2.45, 2.75) is 17.4 Å². The summed E-state index contributed by atoms with van der Waals surface area (Å²) in [6.45, 7) is 1.85. The molecule has 0 radical (unpaired) electrons. The molecular weight excluding hydrogens is 526 g/mol. The molecule has 0 saturated carbocycles. The Morgan fingerprint density at radius 2 is 1.30 bits per heavy atom. The van der Waals surface area contributed by atoms with Gasteiger partial charge in [-0.15, -0.1) is 10.2 Å². The number of aliphatic hydroxyl groups is 1. The molecule has 0 unspecified atom stereocenters. The molecule has 0 aliphatic heterocycles. The van der Waals surface area contributed by atoms with Crippen LogP contribution < -0.4 is 4.72 Å². The normalized spacial score (nSPS) is 12.1. The Morgan fingerprint density at radius 3 is 1.88 bits per heavy atom. The van der Waals surface area contributed by atoms with Gasteiger partial charge in [-0.05, 0) is 36.2 Å². The predicted octanol–water partition coefficient (Wildman–Crippen LogP) is 6.20. The second-order valence-electron chi connectivity index (χ2n) is 9.20. The number of rotatable bonds is 7. The number of nitrogens with one attached hydrogen (secondary N) is 1. The van der Waals surface area contributed by atoms with E-state index in [-0.39, 0.29) is 22.0 Å². The first kappa shape index (κ1) is 26.7. The van der Waals surface area contributed by atoms with Crippen LogP contribution in [0.2, 0.25) is 0 Å². The van der Waals surface area contributed by atoms with Crippen LogP contribution in [0.25, 0.3) is 10.8 Å². The number of nitrogens with zero attached hydrogens (tertiary/aromatic N) is 2. The van der Waals surface area contributed by atoms with E-state index in [1.54, 1.807) is 97.1 Å². The standard InChI is InChI=1S/C31H25N3O5S/c1-21-16-18-24(19-17-21)40(38,39)34-27-20-28(29(35)26-15-9-8-14-25(26)27)32-33-30(36)31(37,22-10-4-2-5-11-22)23-12-6-3-7-13-23/h2-20,34-35,37H,1H3. The fourth-order valence-electron chi connectivity index (χ4n) is 4.37. The fraction of sp³-hybridized carbons (Fsp3) is 0.0645. The molecule has 0 saturated heterocycles. The zero-order valence-electron chi connectivity index (χ0n) is 21.4. The van der Waals surface area contributed by atoms with E-state index in [4.69, 9.17) is 0 Å². The van der Waals surface area contributed by atoms with Gasteiger partial charge in [0.25, 0.3) is 10.0 Å². The van der Waals surface area contributed by atoms with Gasteiger partial charge in [0.15, 0.2) is 11.4 Å². The van der Waals surface area contributed by atoms with Crippen LogP contribution >= 0.6 is 0 Å². The van der Waals surface area contributed by atoms with Gasteiger partial charge in [-0.1, -0.05) is 103 Å². The SMILES string of the molecule is Cc1ccc(S(=O)(=O)Nc2cc(N=NC(=O)C(O)(c3ccccc3)c3ccccc3)c(O)c3ccccc23)cc1. The molecule has 5 rings (SSSR count). The summed E-state index contributed by atoms with van der Waals surface area (Å²) in [5.41, 5.74) is -0.672. The molecule has 200 valence electrons. The second-order valence-corrected chi connectivity index (χ2v) is 10.9. The van der Waals surface area contributed by atoms with Crippen LogP contribution in [0.1, 0.15) is 16.7 Å². The number of benzene rings is 5. The number of phenolic OH excluding ortho intramolecular Hbond substituents is 1. The monoisotopic (exact) mass is 551 g/mol. The van der Waals surface area contributed by atoms with Crippen molar-refractivity contribution in [3.63, 3.8) is 0 Å². The van der Waals surface area contributed by atoms with Crippen molar-refractivity contribution in [3.05, 3.63) is 132 Å². The summed E-state index contributed by atoms with van der Waals surface area (Å²) in [7, 11) is -3.99. The average molecular weight is 552 g/mol. The van der Waals surface area contributed by atoms with Gasteiger partial charge in [0.2, 0.25) is 0 Å². The number of hydrogen-bond acceptors (Lipinski definition) is 6. The molecule has 5 aromatic rings. The molecule has 0 aliphatic rings. The van der Waals surface area contributed by atoms with E-state index in [9.17, 15) is 23.4 Å². The van der Waals surface area contributed by atoms with E-state index < -0.39 is 21.5 Å². The summed E-state index contributed by atoms with van der Waals surface area (Å²) in [6.07, 6.45) is 0. The molecule has 0 aliphatic carbocycles. The minimum atomic E-state index is -3.99. The van der Waals surface area contributed by atoms with Gasteiger partial charge in [0, 0.05) is 10.8 Å². The number of carbonyl (C=O) groups is 1. The van der Waals surface area contributed by atoms with Gasteiger partial charge in [-0.2, -0.15) is 0 Å². The number of fused-ring (bicyclic) bond motifs is 1. The lowest BCUT2D eigenvalue weighted by molar-refractivity contribution is -0.133. The molecular formula is C31H25N3O5S. The van der Waals surface area contributed by atoms with Crippen molar-refractivity contribution >= 4 is 38.1 Å². The Kier molecular flexibility index (Phi) is 7.17. The number of anilines is 1. The van der Waals surface area contributed by atoms with E-state index >= 15 is 0 Å². The third-order valence-corrected chi connectivity index (χ3v) is 7.89. The van der Waals surface area contributed by atoms with Crippen LogP contribution in [-0.2, 0) is 20.4 Å². The smallest absolute Gasteiger partial charge is 0.305 e. The maximum Gasteiger partial charge on any atom is 0.305 e. The highest BCUT2D eigenvalue weighted by atomic mass is 32.2.